The number of halogens is 1. The van der Waals surface area contributed by atoms with Gasteiger partial charge in [0, 0.05) is 18.8 Å². The van der Waals surface area contributed by atoms with Crippen molar-refractivity contribution >= 4 is 17.3 Å². The van der Waals surface area contributed by atoms with Crippen LogP contribution in [0.3, 0.4) is 0 Å². The highest BCUT2D eigenvalue weighted by molar-refractivity contribution is 5.98. The van der Waals surface area contributed by atoms with E-state index in [1.54, 1.807) is 12.1 Å². The summed E-state index contributed by atoms with van der Waals surface area (Å²) >= 11 is 0. The second-order valence-corrected chi connectivity index (χ2v) is 7.46. The molecule has 1 heterocycles. The van der Waals surface area contributed by atoms with E-state index in [1.165, 1.54) is 12.5 Å². The Kier molecular flexibility index (Phi) is 5.89. The zero-order valence-corrected chi connectivity index (χ0v) is 16.4. The van der Waals surface area contributed by atoms with Crippen molar-refractivity contribution in [2.45, 2.75) is 25.2 Å². The van der Waals surface area contributed by atoms with E-state index in [2.05, 4.69) is 10.2 Å². The summed E-state index contributed by atoms with van der Waals surface area (Å²) in [6, 6.07) is 24.3. The fourth-order valence-corrected chi connectivity index (χ4v) is 3.98. The quantitative estimate of drug-likeness (QED) is 0.618. The minimum atomic E-state index is -0.456. The highest BCUT2D eigenvalue weighted by Gasteiger charge is 2.23. The van der Waals surface area contributed by atoms with E-state index in [0.29, 0.717) is 11.4 Å². The Morgan fingerprint density at radius 1 is 0.828 bits per heavy atom. The second-order valence-electron chi connectivity index (χ2n) is 7.46. The molecule has 1 aliphatic heterocycles. The molecule has 0 bridgehead atoms. The van der Waals surface area contributed by atoms with Crippen molar-refractivity contribution in [2.24, 2.45) is 0 Å². The molecule has 3 aromatic carbocycles. The topological polar surface area (TPSA) is 32.3 Å². The minimum absolute atomic E-state index is 0.174. The van der Waals surface area contributed by atoms with Crippen LogP contribution in [0.2, 0.25) is 0 Å². The van der Waals surface area contributed by atoms with Crippen LogP contribution in [0.1, 0.15) is 36.3 Å². The third kappa shape index (κ3) is 4.48. The minimum Gasteiger partial charge on any atom is -0.369 e. The van der Waals surface area contributed by atoms with Gasteiger partial charge in [0.2, 0.25) is 5.91 Å². The molecule has 0 saturated carbocycles. The van der Waals surface area contributed by atoms with E-state index in [0.717, 1.165) is 37.1 Å². The summed E-state index contributed by atoms with van der Waals surface area (Å²) in [5, 5.41) is 2.91. The van der Waals surface area contributed by atoms with E-state index in [-0.39, 0.29) is 11.7 Å². The monoisotopic (exact) mass is 388 g/mol. The fraction of sp³-hybridized carbons (Fsp3) is 0.240. The molecule has 148 valence electrons. The first-order valence-corrected chi connectivity index (χ1v) is 10.2. The average molecular weight is 388 g/mol. The van der Waals surface area contributed by atoms with Crippen LogP contribution in [0.15, 0.2) is 78.9 Å². The molecule has 3 nitrogen and oxygen atoms in total. The van der Waals surface area contributed by atoms with Crippen LogP contribution >= 0.6 is 0 Å². The molecule has 1 N–H and O–H groups in total. The lowest BCUT2D eigenvalue weighted by atomic mass is 9.90. The molecule has 29 heavy (non-hydrogen) atoms. The van der Waals surface area contributed by atoms with Gasteiger partial charge in [-0.25, -0.2) is 4.39 Å². The Balaban J connectivity index is 1.57. The first kappa shape index (κ1) is 19.2. The molecule has 0 aliphatic carbocycles. The van der Waals surface area contributed by atoms with Gasteiger partial charge in [0.05, 0.1) is 11.6 Å². The number of rotatable bonds is 5. The highest BCUT2D eigenvalue weighted by Crippen LogP contribution is 2.29. The van der Waals surface area contributed by atoms with Gasteiger partial charge < -0.3 is 10.2 Å². The third-order valence-corrected chi connectivity index (χ3v) is 5.44. The van der Waals surface area contributed by atoms with Crippen molar-refractivity contribution in [3.63, 3.8) is 0 Å². The molecule has 0 unspecified atom stereocenters. The summed E-state index contributed by atoms with van der Waals surface area (Å²) in [4.78, 5) is 15.3. The van der Waals surface area contributed by atoms with Crippen molar-refractivity contribution in [2.75, 3.05) is 23.3 Å². The first-order chi connectivity index (χ1) is 14.2. The fourth-order valence-electron chi connectivity index (χ4n) is 3.98. The Bertz CT molecular complexity index is 914. The molecule has 0 spiro atoms. The molecule has 4 rings (SSSR count). The predicted octanol–water partition coefficient (Wildman–Crippen LogP) is 5.59. The van der Waals surface area contributed by atoms with E-state index in [4.69, 9.17) is 0 Å². The van der Waals surface area contributed by atoms with Crippen LogP contribution in [0.4, 0.5) is 15.8 Å². The van der Waals surface area contributed by atoms with Gasteiger partial charge in [-0.05, 0) is 48.6 Å². The number of hydrogen-bond donors (Lipinski definition) is 1. The SMILES string of the molecule is O=C(Nc1ccc(N2CCCCC2)c(F)c1)C(c1ccccc1)c1ccccc1. The summed E-state index contributed by atoms with van der Waals surface area (Å²) in [5.74, 6) is -0.921. The number of amides is 1. The smallest absolute Gasteiger partial charge is 0.236 e. The highest BCUT2D eigenvalue weighted by atomic mass is 19.1. The zero-order chi connectivity index (χ0) is 20.1. The Labute approximate surface area is 171 Å². The van der Waals surface area contributed by atoms with Crippen molar-refractivity contribution in [3.05, 3.63) is 95.8 Å². The van der Waals surface area contributed by atoms with Gasteiger partial charge in [-0.3, -0.25) is 4.79 Å². The van der Waals surface area contributed by atoms with Gasteiger partial charge in [0.15, 0.2) is 0 Å². The standard InChI is InChI=1S/C25H25FN2O/c26-22-18-21(14-15-23(22)28-16-8-3-9-17-28)27-25(29)24(19-10-4-1-5-11-19)20-12-6-2-7-13-20/h1-2,4-7,10-15,18,24H,3,8-9,16-17H2,(H,27,29). The first-order valence-electron chi connectivity index (χ1n) is 10.2. The second kappa shape index (κ2) is 8.91. The van der Waals surface area contributed by atoms with Crippen LogP contribution in [-0.4, -0.2) is 19.0 Å². The number of nitrogens with one attached hydrogen (secondary N) is 1. The largest absolute Gasteiger partial charge is 0.369 e. The molecule has 1 saturated heterocycles. The maximum absolute atomic E-state index is 14.7. The van der Waals surface area contributed by atoms with Gasteiger partial charge in [0.1, 0.15) is 5.82 Å². The maximum atomic E-state index is 14.7. The summed E-state index contributed by atoms with van der Waals surface area (Å²) < 4.78 is 14.7. The zero-order valence-electron chi connectivity index (χ0n) is 16.4. The van der Waals surface area contributed by atoms with Gasteiger partial charge in [-0.2, -0.15) is 0 Å². The molecule has 1 aliphatic rings. The summed E-state index contributed by atoms with van der Waals surface area (Å²) in [5.41, 5.74) is 2.90. The molecule has 3 aromatic rings. The third-order valence-electron chi connectivity index (χ3n) is 5.44. The average Bonchev–Trinajstić information content (AvgIpc) is 2.76. The van der Waals surface area contributed by atoms with E-state index in [9.17, 15) is 9.18 Å². The predicted molar refractivity (Wildman–Crippen MR) is 116 cm³/mol. The molecule has 0 atom stereocenters. The normalized spacial score (nSPS) is 14.1. The van der Waals surface area contributed by atoms with E-state index >= 15 is 0 Å². The van der Waals surface area contributed by atoms with Crippen LogP contribution in [0.25, 0.3) is 0 Å². The van der Waals surface area contributed by atoms with E-state index < -0.39 is 5.92 Å². The van der Waals surface area contributed by atoms with Crippen molar-refractivity contribution in [3.8, 4) is 0 Å². The number of carbonyl (C=O) groups is 1. The summed E-state index contributed by atoms with van der Waals surface area (Å²) in [7, 11) is 0. The molecular weight excluding hydrogens is 363 g/mol. The number of carbonyl (C=O) groups excluding carboxylic acids is 1. The van der Waals surface area contributed by atoms with Crippen molar-refractivity contribution < 1.29 is 9.18 Å². The van der Waals surface area contributed by atoms with Gasteiger partial charge in [-0.15, -0.1) is 0 Å². The summed E-state index contributed by atoms with van der Waals surface area (Å²) in [6.07, 6.45) is 3.38. The lowest BCUT2D eigenvalue weighted by Gasteiger charge is -2.29. The Morgan fingerprint density at radius 3 is 1.97 bits per heavy atom. The lowest BCUT2D eigenvalue weighted by Crippen LogP contribution is -2.30. The number of nitrogens with zero attached hydrogens (tertiary/aromatic N) is 1. The number of hydrogen-bond acceptors (Lipinski definition) is 2. The molecule has 0 radical (unpaired) electrons. The van der Waals surface area contributed by atoms with Crippen LogP contribution in [-0.2, 0) is 4.79 Å². The number of benzene rings is 3. The number of anilines is 2. The van der Waals surface area contributed by atoms with Crippen molar-refractivity contribution in [1.82, 2.24) is 0 Å². The molecule has 1 amide bonds. The molecule has 0 aromatic heterocycles. The van der Waals surface area contributed by atoms with Crippen LogP contribution < -0.4 is 10.2 Å². The van der Waals surface area contributed by atoms with Gasteiger partial charge in [0.25, 0.3) is 0 Å². The van der Waals surface area contributed by atoms with Crippen LogP contribution in [0, 0.1) is 5.82 Å². The van der Waals surface area contributed by atoms with Crippen LogP contribution in [0.5, 0.6) is 0 Å². The maximum Gasteiger partial charge on any atom is 0.236 e. The number of piperidine rings is 1. The molecular formula is C25H25FN2O. The molecule has 1 fully saturated rings. The summed E-state index contributed by atoms with van der Waals surface area (Å²) in [6.45, 7) is 1.76. The van der Waals surface area contributed by atoms with E-state index in [1.807, 2.05) is 60.7 Å². The Morgan fingerprint density at radius 2 is 1.41 bits per heavy atom. The Hall–Kier alpha value is -3.14. The van der Waals surface area contributed by atoms with Gasteiger partial charge >= 0.3 is 0 Å². The van der Waals surface area contributed by atoms with Gasteiger partial charge in [-0.1, -0.05) is 60.7 Å². The van der Waals surface area contributed by atoms with Crippen molar-refractivity contribution in [1.29, 1.82) is 0 Å². The lowest BCUT2D eigenvalue weighted by molar-refractivity contribution is -0.116. The molecule has 4 heteroatoms.